The molecule has 1 saturated carbocycles. The summed E-state index contributed by atoms with van der Waals surface area (Å²) in [6.07, 6.45) is 1.15. The third kappa shape index (κ3) is 3.46. The molecule has 5 rings (SSSR count). The molecule has 9 heteroatoms. The number of hydrogen-bond donors (Lipinski definition) is 0. The van der Waals surface area contributed by atoms with Gasteiger partial charge in [0.2, 0.25) is 11.6 Å². The van der Waals surface area contributed by atoms with Gasteiger partial charge in [0.1, 0.15) is 18.0 Å². The van der Waals surface area contributed by atoms with Crippen LogP contribution in [0.4, 0.5) is 0 Å². The molecule has 2 aliphatic heterocycles. The van der Waals surface area contributed by atoms with Crippen LogP contribution in [0.3, 0.4) is 0 Å². The van der Waals surface area contributed by atoms with Crippen molar-refractivity contribution in [3.05, 3.63) is 22.3 Å². The maximum Gasteiger partial charge on any atom is 0.336 e. The topological polar surface area (TPSA) is 116 Å². The van der Waals surface area contributed by atoms with Crippen LogP contribution in [0.15, 0.2) is 22.3 Å². The van der Waals surface area contributed by atoms with Crippen LogP contribution in [0.25, 0.3) is 0 Å². The van der Waals surface area contributed by atoms with Gasteiger partial charge in [-0.15, -0.1) is 0 Å². The number of cyclic esters (lactones) is 1. The molecular weight excluding hydrogens is 466 g/mol. The molecule has 0 N–H and O–H groups in total. The molecule has 0 radical (unpaired) electrons. The van der Waals surface area contributed by atoms with Crippen LogP contribution < -0.4 is 0 Å². The van der Waals surface area contributed by atoms with E-state index in [-0.39, 0.29) is 42.1 Å². The zero-order valence-electron chi connectivity index (χ0n) is 21.3. The summed E-state index contributed by atoms with van der Waals surface area (Å²) >= 11 is 0. The van der Waals surface area contributed by atoms with Crippen molar-refractivity contribution in [3.63, 3.8) is 0 Å². The zero-order valence-corrected chi connectivity index (χ0v) is 21.3. The summed E-state index contributed by atoms with van der Waals surface area (Å²) in [4.78, 5) is 68.3. The van der Waals surface area contributed by atoms with E-state index in [1.807, 2.05) is 0 Å². The van der Waals surface area contributed by atoms with Crippen molar-refractivity contribution in [3.8, 4) is 0 Å². The number of hydrogen-bond acceptors (Lipinski definition) is 9. The van der Waals surface area contributed by atoms with Gasteiger partial charge < -0.3 is 14.2 Å². The summed E-state index contributed by atoms with van der Waals surface area (Å²) in [6, 6.07) is 0. The molecule has 3 aliphatic carbocycles. The Morgan fingerprint density at radius 2 is 1.81 bits per heavy atom. The number of allylic oxidation sites excluding steroid dienone is 1. The normalized spacial score (nSPS) is 36.6. The second-order valence-corrected chi connectivity index (χ2v) is 11.1. The number of fused-ring (bicyclic) bond motifs is 4. The largest absolute Gasteiger partial charge is 0.458 e. The van der Waals surface area contributed by atoms with Gasteiger partial charge in [0.05, 0.1) is 17.6 Å². The molecule has 0 aromatic heterocycles. The number of methoxy groups -OCH3 is 1. The minimum Gasteiger partial charge on any atom is -0.458 e. The van der Waals surface area contributed by atoms with Gasteiger partial charge in [-0.05, 0) is 44.8 Å². The second kappa shape index (κ2) is 8.73. The Bertz CT molecular complexity index is 1130. The number of ether oxygens (including phenoxy) is 3. The van der Waals surface area contributed by atoms with E-state index in [1.165, 1.54) is 14.0 Å². The molecule has 2 unspecified atom stereocenters. The van der Waals surface area contributed by atoms with Crippen molar-refractivity contribution >= 4 is 29.3 Å². The zero-order chi connectivity index (χ0) is 26.0. The summed E-state index contributed by atoms with van der Waals surface area (Å²) < 4.78 is 17.1. The standard InChI is InChI=1S/C27H33NO8/c1-14(29)35-17-11-26(2)16(7-8-18(26)30)20-22(17)27(3)19(13-34-4)36-25(33)15(12-28-9-5-6-10-28)21(27)24(32)23(20)31/h16-17,19H,5-13H2,1-4H3/t16-,17+,19+,26?,27?/m0/s1. The Balaban J connectivity index is 1.78. The van der Waals surface area contributed by atoms with E-state index in [4.69, 9.17) is 14.2 Å². The minimum absolute atomic E-state index is 0.00109. The van der Waals surface area contributed by atoms with Crippen molar-refractivity contribution < 1.29 is 38.2 Å². The Morgan fingerprint density at radius 1 is 1.11 bits per heavy atom. The van der Waals surface area contributed by atoms with E-state index in [9.17, 15) is 24.0 Å². The molecule has 2 heterocycles. The molecule has 0 aromatic rings. The third-order valence-electron chi connectivity index (χ3n) is 9.04. The number of nitrogens with zero attached hydrogens (tertiary/aromatic N) is 1. The maximum absolute atomic E-state index is 13.9. The predicted octanol–water partition coefficient (Wildman–Crippen LogP) is 1.73. The Hall–Kier alpha value is -2.65. The number of carbonyl (C=O) groups excluding carboxylic acids is 5. The molecule has 36 heavy (non-hydrogen) atoms. The Kier molecular flexibility index (Phi) is 6.07. The SMILES string of the molecule is COC[C@H]1OC(=O)C(CN2CCCC2)=C2C(=O)C(=O)C3=C([C@H](OC(C)=O)CC4(C)C(=O)CC[C@@H]34)C21C. The highest BCUT2D eigenvalue weighted by Gasteiger charge is 2.65. The Morgan fingerprint density at radius 3 is 2.44 bits per heavy atom. The molecule has 5 aliphatic rings. The lowest BCUT2D eigenvalue weighted by Gasteiger charge is -2.53. The van der Waals surface area contributed by atoms with Crippen LogP contribution in [0.2, 0.25) is 0 Å². The molecule has 0 bridgehead atoms. The molecule has 0 aromatic carbocycles. The summed E-state index contributed by atoms with van der Waals surface area (Å²) in [5, 5.41) is 0. The number of likely N-dealkylation sites (tertiary alicyclic amines) is 1. The van der Waals surface area contributed by atoms with E-state index >= 15 is 0 Å². The van der Waals surface area contributed by atoms with E-state index in [1.54, 1.807) is 13.8 Å². The van der Waals surface area contributed by atoms with Crippen LogP contribution in [-0.4, -0.2) is 79.7 Å². The predicted molar refractivity (Wildman–Crippen MR) is 126 cm³/mol. The van der Waals surface area contributed by atoms with Crippen LogP contribution in [0.1, 0.15) is 52.9 Å². The fourth-order valence-electron chi connectivity index (χ4n) is 7.31. The molecular formula is C27H33NO8. The highest BCUT2D eigenvalue weighted by molar-refractivity contribution is 6.51. The fraction of sp³-hybridized carbons (Fsp3) is 0.667. The smallest absolute Gasteiger partial charge is 0.336 e. The van der Waals surface area contributed by atoms with Crippen LogP contribution in [0.5, 0.6) is 0 Å². The molecule has 2 fully saturated rings. The summed E-state index contributed by atoms with van der Waals surface area (Å²) in [5.74, 6) is -3.06. The van der Waals surface area contributed by atoms with Gasteiger partial charge in [0, 0.05) is 55.9 Å². The van der Waals surface area contributed by atoms with Gasteiger partial charge >= 0.3 is 11.9 Å². The van der Waals surface area contributed by atoms with Gasteiger partial charge in [-0.3, -0.25) is 24.1 Å². The Labute approximate surface area is 210 Å². The molecule has 0 spiro atoms. The average Bonchev–Trinajstić information content (AvgIpc) is 3.42. The number of Topliss-reactive ketones (excluding diaryl/α,β-unsaturated/α-hetero) is 3. The summed E-state index contributed by atoms with van der Waals surface area (Å²) in [6.45, 7) is 6.65. The highest BCUT2D eigenvalue weighted by atomic mass is 16.6. The van der Waals surface area contributed by atoms with Crippen molar-refractivity contribution in [1.82, 2.24) is 4.90 Å². The highest BCUT2D eigenvalue weighted by Crippen LogP contribution is 2.61. The van der Waals surface area contributed by atoms with Crippen molar-refractivity contribution in [2.24, 2.45) is 16.7 Å². The molecule has 1 saturated heterocycles. The van der Waals surface area contributed by atoms with Gasteiger partial charge in [-0.25, -0.2) is 4.79 Å². The van der Waals surface area contributed by atoms with Gasteiger partial charge in [-0.2, -0.15) is 0 Å². The monoisotopic (exact) mass is 499 g/mol. The fourth-order valence-corrected chi connectivity index (χ4v) is 7.31. The first-order valence-electron chi connectivity index (χ1n) is 12.7. The van der Waals surface area contributed by atoms with Gasteiger partial charge in [0.25, 0.3) is 0 Å². The lowest BCUT2D eigenvalue weighted by atomic mass is 9.52. The first kappa shape index (κ1) is 25.0. The van der Waals surface area contributed by atoms with E-state index in [2.05, 4.69) is 4.90 Å². The number of ketones is 3. The van der Waals surface area contributed by atoms with Crippen molar-refractivity contribution in [2.45, 2.75) is 65.1 Å². The van der Waals surface area contributed by atoms with E-state index in [0.717, 1.165) is 25.9 Å². The third-order valence-corrected chi connectivity index (χ3v) is 9.04. The lowest BCUT2D eigenvalue weighted by Crippen LogP contribution is -2.59. The first-order valence-corrected chi connectivity index (χ1v) is 12.7. The number of esters is 2. The second-order valence-electron chi connectivity index (χ2n) is 11.1. The van der Waals surface area contributed by atoms with Gasteiger partial charge in [-0.1, -0.05) is 6.92 Å². The van der Waals surface area contributed by atoms with Crippen molar-refractivity contribution in [2.75, 3.05) is 33.4 Å². The lowest BCUT2D eigenvalue weighted by molar-refractivity contribution is -0.162. The van der Waals surface area contributed by atoms with Crippen LogP contribution in [-0.2, 0) is 38.2 Å². The van der Waals surface area contributed by atoms with E-state index in [0.29, 0.717) is 18.4 Å². The van der Waals surface area contributed by atoms with E-state index < -0.39 is 52.5 Å². The average molecular weight is 500 g/mol. The summed E-state index contributed by atoms with van der Waals surface area (Å²) in [7, 11) is 1.47. The molecule has 0 amide bonds. The maximum atomic E-state index is 13.9. The molecule has 9 nitrogen and oxygen atoms in total. The number of carbonyl (C=O) groups is 5. The van der Waals surface area contributed by atoms with Crippen LogP contribution in [0, 0.1) is 16.7 Å². The quantitative estimate of drug-likeness (QED) is 0.412. The molecule has 194 valence electrons. The first-order chi connectivity index (χ1) is 17.0. The minimum atomic E-state index is -1.23. The van der Waals surface area contributed by atoms with Gasteiger partial charge in [0.15, 0.2) is 0 Å². The number of rotatable bonds is 5. The van der Waals surface area contributed by atoms with Crippen molar-refractivity contribution in [1.29, 1.82) is 0 Å². The molecule has 5 atom stereocenters. The summed E-state index contributed by atoms with van der Waals surface area (Å²) in [5.41, 5.74) is -1.07. The van der Waals surface area contributed by atoms with Crippen LogP contribution >= 0.6 is 0 Å².